The maximum atomic E-state index is 12.8. The van der Waals surface area contributed by atoms with Crippen molar-refractivity contribution in [1.29, 1.82) is 0 Å². The van der Waals surface area contributed by atoms with Crippen LogP contribution >= 0.6 is 15.9 Å². The monoisotopic (exact) mass is 361 g/mol. The lowest BCUT2D eigenvalue weighted by Crippen LogP contribution is -2.18. The van der Waals surface area contributed by atoms with Gasteiger partial charge in [-0.3, -0.25) is 9.48 Å². The number of hydrogen-bond donors (Lipinski definition) is 1. The van der Waals surface area contributed by atoms with Crippen molar-refractivity contribution < 1.29 is 18.0 Å². The Balaban J connectivity index is 2.00. The van der Waals surface area contributed by atoms with E-state index in [9.17, 15) is 18.0 Å². The maximum absolute atomic E-state index is 12.8. The lowest BCUT2D eigenvalue weighted by atomic mass is 10.1. The van der Waals surface area contributed by atoms with Crippen LogP contribution in [0.2, 0.25) is 0 Å². The van der Waals surface area contributed by atoms with Crippen LogP contribution in [0.5, 0.6) is 0 Å². The molecule has 0 saturated heterocycles. The number of nitrogens with one attached hydrogen (secondary N) is 1. The summed E-state index contributed by atoms with van der Waals surface area (Å²) >= 11 is 3.22. The Kier molecular flexibility index (Phi) is 4.66. The van der Waals surface area contributed by atoms with E-state index < -0.39 is 17.6 Å². The van der Waals surface area contributed by atoms with Crippen molar-refractivity contribution in [2.75, 3.05) is 5.32 Å². The minimum atomic E-state index is -4.50. The molecule has 4 nitrogen and oxygen atoms in total. The fourth-order valence-electron chi connectivity index (χ4n) is 1.73. The maximum Gasteiger partial charge on any atom is 0.418 e. The minimum Gasteiger partial charge on any atom is -0.325 e. The Hall–Kier alpha value is -1.83. The van der Waals surface area contributed by atoms with E-state index in [1.54, 1.807) is 12.4 Å². The van der Waals surface area contributed by atoms with Crippen molar-refractivity contribution in [3.63, 3.8) is 0 Å². The number of anilines is 1. The van der Waals surface area contributed by atoms with Crippen LogP contribution in [-0.4, -0.2) is 15.7 Å². The van der Waals surface area contributed by atoms with Gasteiger partial charge in [-0.25, -0.2) is 0 Å². The van der Waals surface area contributed by atoms with Gasteiger partial charge < -0.3 is 5.32 Å². The number of rotatable bonds is 4. The molecule has 112 valence electrons. The first kappa shape index (κ1) is 15.6. The number of aryl methyl sites for hydroxylation is 1. The number of halogens is 4. The quantitative estimate of drug-likeness (QED) is 0.902. The zero-order chi connectivity index (χ0) is 15.5. The molecule has 1 aromatic carbocycles. The molecule has 2 aromatic rings. The van der Waals surface area contributed by atoms with E-state index in [4.69, 9.17) is 0 Å². The number of amides is 1. The predicted octanol–water partition coefficient (Wildman–Crippen LogP) is 3.69. The third-order valence-electron chi connectivity index (χ3n) is 2.68. The van der Waals surface area contributed by atoms with Gasteiger partial charge in [0.05, 0.1) is 21.9 Å². The average molecular weight is 362 g/mol. The van der Waals surface area contributed by atoms with Crippen LogP contribution in [0.3, 0.4) is 0 Å². The molecule has 0 saturated carbocycles. The smallest absolute Gasteiger partial charge is 0.325 e. The van der Waals surface area contributed by atoms with Gasteiger partial charge in [0.25, 0.3) is 0 Å². The number of alkyl halides is 3. The summed E-state index contributed by atoms with van der Waals surface area (Å²) in [4.78, 5) is 11.7. The van der Waals surface area contributed by atoms with Crippen LogP contribution in [0.4, 0.5) is 18.9 Å². The normalized spacial score (nSPS) is 11.4. The van der Waals surface area contributed by atoms with Gasteiger partial charge in [-0.1, -0.05) is 12.1 Å². The van der Waals surface area contributed by atoms with E-state index in [1.165, 1.54) is 22.9 Å². The number of aromatic nitrogens is 2. The number of carbonyl (C=O) groups excluding carboxylic acids is 1. The van der Waals surface area contributed by atoms with Gasteiger partial charge in [-0.15, -0.1) is 0 Å². The van der Waals surface area contributed by atoms with Crippen LogP contribution in [0, 0.1) is 0 Å². The van der Waals surface area contributed by atoms with Gasteiger partial charge in [0.1, 0.15) is 0 Å². The van der Waals surface area contributed by atoms with Crippen LogP contribution < -0.4 is 5.32 Å². The molecular formula is C13H11BrF3N3O. The fraction of sp³-hybridized carbons (Fsp3) is 0.231. The zero-order valence-electron chi connectivity index (χ0n) is 10.7. The molecule has 2 rings (SSSR count). The van der Waals surface area contributed by atoms with E-state index in [1.807, 2.05) is 0 Å². The Morgan fingerprint density at radius 2 is 2.05 bits per heavy atom. The highest BCUT2D eigenvalue weighted by molar-refractivity contribution is 9.10. The van der Waals surface area contributed by atoms with Crippen molar-refractivity contribution in [2.24, 2.45) is 0 Å². The molecule has 8 heteroatoms. The Bertz CT molecular complexity index is 640. The highest BCUT2D eigenvalue weighted by atomic mass is 79.9. The minimum absolute atomic E-state index is 0.0281. The van der Waals surface area contributed by atoms with Crippen LogP contribution in [0.1, 0.15) is 12.0 Å². The zero-order valence-corrected chi connectivity index (χ0v) is 12.3. The molecule has 0 aliphatic heterocycles. The lowest BCUT2D eigenvalue weighted by molar-refractivity contribution is -0.137. The molecule has 1 heterocycles. The molecule has 1 aromatic heterocycles. The molecule has 0 bridgehead atoms. The molecule has 1 N–H and O–H groups in total. The molecule has 0 aliphatic rings. The summed E-state index contributed by atoms with van der Waals surface area (Å²) in [7, 11) is 0. The highest BCUT2D eigenvalue weighted by Gasteiger charge is 2.33. The van der Waals surface area contributed by atoms with Gasteiger partial charge >= 0.3 is 6.18 Å². The van der Waals surface area contributed by atoms with Crippen molar-refractivity contribution in [2.45, 2.75) is 19.1 Å². The first-order valence-corrected chi connectivity index (χ1v) is 6.79. The predicted molar refractivity (Wildman–Crippen MR) is 74.6 cm³/mol. The second kappa shape index (κ2) is 6.30. The Labute approximate surface area is 127 Å². The summed E-state index contributed by atoms with van der Waals surface area (Å²) in [6, 6.07) is 4.88. The fourth-order valence-corrected chi connectivity index (χ4v) is 2.06. The molecule has 0 unspecified atom stereocenters. The molecule has 0 atom stereocenters. The summed E-state index contributed by atoms with van der Waals surface area (Å²) in [6.45, 7) is 0.283. The molecule has 21 heavy (non-hydrogen) atoms. The van der Waals surface area contributed by atoms with Crippen LogP contribution in [0.25, 0.3) is 0 Å². The first-order valence-electron chi connectivity index (χ1n) is 6.00. The second-order valence-corrected chi connectivity index (χ2v) is 5.18. The molecule has 0 spiro atoms. The number of para-hydroxylation sites is 1. The van der Waals surface area contributed by atoms with Gasteiger partial charge in [0, 0.05) is 19.2 Å². The van der Waals surface area contributed by atoms with Crippen molar-refractivity contribution in [3.05, 3.63) is 46.7 Å². The number of nitrogens with zero attached hydrogens (tertiary/aromatic N) is 2. The van der Waals surface area contributed by atoms with E-state index in [2.05, 4.69) is 26.3 Å². The topological polar surface area (TPSA) is 46.9 Å². The second-order valence-electron chi connectivity index (χ2n) is 4.26. The van der Waals surface area contributed by atoms with E-state index in [0.29, 0.717) is 0 Å². The first-order chi connectivity index (χ1) is 9.86. The number of benzene rings is 1. The summed E-state index contributed by atoms with van der Waals surface area (Å²) < 4.78 is 40.6. The molecule has 0 fully saturated rings. The summed E-state index contributed by atoms with van der Waals surface area (Å²) in [5, 5.41) is 6.24. The van der Waals surface area contributed by atoms with Crippen molar-refractivity contribution >= 4 is 27.5 Å². The van der Waals surface area contributed by atoms with E-state index in [-0.39, 0.29) is 18.7 Å². The summed E-state index contributed by atoms with van der Waals surface area (Å²) in [6.07, 6.45) is -1.23. The van der Waals surface area contributed by atoms with Gasteiger partial charge in [0.2, 0.25) is 5.91 Å². The van der Waals surface area contributed by atoms with E-state index >= 15 is 0 Å². The summed E-state index contributed by atoms with van der Waals surface area (Å²) in [5.74, 6) is -0.502. The summed E-state index contributed by atoms with van der Waals surface area (Å²) in [5.41, 5.74) is -1.10. The Morgan fingerprint density at radius 1 is 1.33 bits per heavy atom. The van der Waals surface area contributed by atoms with Crippen LogP contribution in [0.15, 0.2) is 41.1 Å². The SMILES string of the molecule is O=C(CCn1cc(Br)cn1)Nc1ccccc1C(F)(F)F. The number of carbonyl (C=O) groups is 1. The highest BCUT2D eigenvalue weighted by Crippen LogP contribution is 2.34. The number of hydrogen-bond acceptors (Lipinski definition) is 2. The Morgan fingerprint density at radius 3 is 2.67 bits per heavy atom. The van der Waals surface area contributed by atoms with Crippen molar-refractivity contribution in [3.8, 4) is 0 Å². The van der Waals surface area contributed by atoms with Crippen LogP contribution in [-0.2, 0) is 17.5 Å². The molecule has 1 amide bonds. The van der Waals surface area contributed by atoms with E-state index in [0.717, 1.165) is 10.5 Å². The molecular weight excluding hydrogens is 351 g/mol. The largest absolute Gasteiger partial charge is 0.418 e. The van der Waals surface area contributed by atoms with Gasteiger partial charge in [0.15, 0.2) is 0 Å². The third-order valence-corrected chi connectivity index (χ3v) is 3.09. The lowest BCUT2D eigenvalue weighted by Gasteiger charge is -2.13. The van der Waals surface area contributed by atoms with Gasteiger partial charge in [-0.05, 0) is 28.1 Å². The average Bonchev–Trinajstić information content (AvgIpc) is 2.82. The third kappa shape index (κ3) is 4.32. The van der Waals surface area contributed by atoms with Crippen molar-refractivity contribution in [1.82, 2.24) is 9.78 Å². The van der Waals surface area contributed by atoms with Gasteiger partial charge in [-0.2, -0.15) is 18.3 Å². The molecule has 0 radical (unpaired) electrons. The standard InChI is InChI=1S/C13H11BrF3N3O/c14-9-7-18-20(8-9)6-5-12(21)19-11-4-2-1-3-10(11)13(15,16)17/h1-4,7-8H,5-6H2,(H,19,21). The molecule has 0 aliphatic carbocycles.